The minimum Gasteiger partial charge on any atom is -0.394 e. The molecule has 97 heavy (non-hydrogen) atoms. The van der Waals surface area contributed by atoms with Crippen LogP contribution in [0.25, 0.3) is 86.4 Å². The standard InChI is InChI=1S/C40H45N32O22P3/c41-25-13-29(53-5-49-25)69(37(57-13)61-65-45)33-21(78)17(74)10(89-33)2-85-95(79,80)93-23-19(76)12(91-35(23)71-31-15(27(43)51-7-55-31)59-39(71)63-67-47)4-87-97(83,84)94-24-20(77)11(90-36(24)72-32-16(28(44)52-8-56-32)60-40(72)64-68-48)3-86-96(81,82)92-22-18(75)9(1-73)88-34(22)70-30-14(26(42)50-6-54-30)58-38(70)62-66-46/h5-12,17-24,33-36,73-78H,1-4H2,(H,79,80)(H,81,82)(H,83,84)(H2,41,49,53)(H2,42,50,54)(H2,43,51,55)(H2,44,52,56). The van der Waals surface area contributed by atoms with E-state index >= 15 is 0 Å². The zero-order chi connectivity index (χ0) is 69.2. The van der Waals surface area contributed by atoms with Crippen molar-refractivity contribution in [1.29, 1.82) is 0 Å². The number of azide groups is 4. The summed E-state index contributed by atoms with van der Waals surface area (Å²) in [6.45, 7) is -4.61. The predicted molar refractivity (Wildman–Crippen MR) is 309 cm³/mol. The van der Waals surface area contributed by atoms with Crippen molar-refractivity contribution in [3.8, 4) is 0 Å². The van der Waals surface area contributed by atoms with E-state index in [2.05, 4.69) is 99.9 Å². The number of nitrogens with two attached hydrogens (primary N) is 4. The highest BCUT2D eigenvalue weighted by Gasteiger charge is 2.56. The average Bonchev–Trinajstić information content (AvgIpc) is 1.62. The number of phosphoric acid groups is 3. The summed E-state index contributed by atoms with van der Waals surface area (Å²) >= 11 is 0. The molecule has 4 aliphatic rings. The van der Waals surface area contributed by atoms with Crippen molar-refractivity contribution in [2.24, 2.45) is 20.5 Å². The van der Waals surface area contributed by atoms with Crippen LogP contribution in [-0.4, -0.2) is 223 Å². The molecule has 0 amide bonds. The molecule has 8 aromatic rings. The van der Waals surface area contributed by atoms with Crippen molar-refractivity contribution in [3.63, 3.8) is 0 Å². The first kappa shape index (κ1) is 67.5. The van der Waals surface area contributed by atoms with Crippen LogP contribution in [0.3, 0.4) is 0 Å². The number of hydrogen-bond acceptors (Lipinski definition) is 39. The Labute approximate surface area is 532 Å². The van der Waals surface area contributed by atoms with Crippen molar-refractivity contribution >= 4 is 115 Å². The SMILES string of the molecule is [N-]=[N+]=Nc1nc2c(N)ncnc2n1C1OC(COP(=O)(O)OC2C(O)C(COP(=O)(O)OC3C(O)C(COP(=O)(O)OC4C(O)C(CO)OC4n4c(N=[N+]=[N-])nc5c(N)ncnc54)OC3n3c(N=[N+]=[N-])nc4c(N)ncnc43)OC2n2c(N=[N+]=[N-])nc3c(N)ncnc32)C(O)C1O. The second-order valence-electron chi connectivity index (χ2n) is 20.5. The van der Waals surface area contributed by atoms with Gasteiger partial charge in [0, 0.05) is 19.6 Å². The van der Waals surface area contributed by atoms with E-state index in [9.17, 15) is 81.1 Å². The molecule has 19 atom stereocenters. The molecule has 4 saturated heterocycles. The summed E-state index contributed by atoms with van der Waals surface area (Å²) < 4.78 is 102. The third kappa shape index (κ3) is 12.6. The summed E-state index contributed by atoms with van der Waals surface area (Å²) in [5.41, 5.74) is 59.8. The molecule has 4 aliphatic heterocycles. The molecular formula is C40H45N32O22P3. The highest BCUT2D eigenvalue weighted by molar-refractivity contribution is 7.48. The molecule has 0 saturated carbocycles. The van der Waals surface area contributed by atoms with Crippen LogP contribution in [0.4, 0.5) is 47.1 Å². The number of phosphoric ester groups is 3. The van der Waals surface area contributed by atoms with Gasteiger partial charge in [-0.25, -0.2) is 73.5 Å². The van der Waals surface area contributed by atoms with Crippen molar-refractivity contribution < 1.29 is 105 Å². The first-order valence-corrected chi connectivity index (χ1v) is 31.5. The molecule has 0 aliphatic carbocycles. The van der Waals surface area contributed by atoms with Gasteiger partial charge in [0.2, 0.25) is 23.8 Å². The minimum atomic E-state index is -5.86. The van der Waals surface area contributed by atoms with Crippen LogP contribution >= 0.6 is 23.5 Å². The summed E-state index contributed by atoms with van der Waals surface area (Å²) in [7, 11) is -17.2. The van der Waals surface area contributed by atoms with Crippen molar-refractivity contribution in [1.82, 2.24) is 78.1 Å². The van der Waals surface area contributed by atoms with Crippen molar-refractivity contribution in [3.05, 3.63) is 67.1 Å². The van der Waals surface area contributed by atoms with Gasteiger partial charge in [-0.3, -0.25) is 45.4 Å². The maximum absolute atomic E-state index is 14.4. The topological polar surface area (TPSA) is 799 Å². The number of hydrogen-bond donors (Lipinski definition) is 13. The van der Waals surface area contributed by atoms with Crippen molar-refractivity contribution in [2.45, 2.75) is 98.2 Å². The summed E-state index contributed by atoms with van der Waals surface area (Å²) in [4.78, 5) is 92.9. The molecule has 8 aromatic heterocycles. The highest BCUT2D eigenvalue weighted by Crippen LogP contribution is 2.56. The van der Waals surface area contributed by atoms with Crippen LogP contribution in [0.15, 0.2) is 45.8 Å². The second-order valence-corrected chi connectivity index (χ2v) is 24.7. The van der Waals surface area contributed by atoms with Crippen LogP contribution in [0.2, 0.25) is 0 Å². The fourth-order valence-electron chi connectivity index (χ4n) is 10.7. The Morgan fingerprint density at radius 3 is 0.969 bits per heavy atom. The van der Waals surface area contributed by atoms with Gasteiger partial charge >= 0.3 is 23.5 Å². The van der Waals surface area contributed by atoms with E-state index in [1.165, 1.54) is 0 Å². The van der Waals surface area contributed by atoms with Crippen LogP contribution in [0.5, 0.6) is 0 Å². The van der Waals surface area contributed by atoms with E-state index in [-0.39, 0.29) is 67.9 Å². The summed E-state index contributed by atoms with van der Waals surface area (Å²) in [5, 5.41) is 81.5. The molecular weight excluding hydrogens is 1370 g/mol. The molecule has 54 nitrogen and oxygen atoms in total. The Morgan fingerprint density at radius 1 is 0.423 bits per heavy atom. The molecule has 57 heteroatoms. The second kappa shape index (κ2) is 26.5. The Kier molecular flexibility index (Phi) is 18.5. The van der Waals surface area contributed by atoms with Crippen molar-refractivity contribution in [2.75, 3.05) is 49.4 Å². The van der Waals surface area contributed by atoms with Gasteiger partial charge in [-0.2, -0.15) is 0 Å². The number of aromatic nitrogens is 16. The summed E-state index contributed by atoms with van der Waals surface area (Å²) in [6, 6.07) is 0. The number of anilines is 4. The number of rotatable bonds is 24. The number of aliphatic hydroxyl groups excluding tert-OH is 6. The Morgan fingerprint density at radius 2 is 0.680 bits per heavy atom. The molecule has 512 valence electrons. The first-order chi connectivity index (χ1) is 46.3. The van der Waals surface area contributed by atoms with E-state index in [0.717, 1.165) is 43.6 Å². The lowest BCUT2D eigenvalue weighted by molar-refractivity contribution is -0.0649. The fourth-order valence-corrected chi connectivity index (χ4v) is 13.5. The van der Waals surface area contributed by atoms with Crippen LogP contribution in [0, 0.1) is 0 Å². The monoisotopic (exact) mass is 1420 g/mol. The third-order valence-electron chi connectivity index (χ3n) is 14.9. The highest BCUT2D eigenvalue weighted by atomic mass is 31.2. The predicted octanol–water partition coefficient (Wildman–Crippen LogP) is -0.665. The molecule has 4 fully saturated rings. The number of aliphatic hydroxyl groups is 6. The largest absolute Gasteiger partial charge is 0.472 e. The molecule has 0 bridgehead atoms. The summed E-state index contributed by atoms with van der Waals surface area (Å²) in [5.74, 6) is -3.41. The lowest BCUT2D eigenvalue weighted by Gasteiger charge is -2.26. The van der Waals surface area contributed by atoms with Gasteiger partial charge in [0.15, 0.2) is 92.8 Å². The van der Waals surface area contributed by atoms with Gasteiger partial charge < -0.3 is 87.2 Å². The lowest BCUT2D eigenvalue weighted by atomic mass is 10.1. The average molecular weight is 1420 g/mol. The van der Waals surface area contributed by atoms with Gasteiger partial charge in [-0.05, 0) is 42.6 Å². The molecule has 0 aromatic carbocycles. The zero-order valence-corrected chi connectivity index (χ0v) is 50.6. The maximum atomic E-state index is 14.4. The molecule has 0 radical (unpaired) electrons. The smallest absolute Gasteiger partial charge is 0.394 e. The van der Waals surface area contributed by atoms with Gasteiger partial charge in [0.05, 0.1) is 26.4 Å². The van der Waals surface area contributed by atoms with E-state index in [1.54, 1.807) is 0 Å². The number of fused-ring (bicyclic) bond motifs is 4. The Bertz CT molecular complexity index is 4750. The van der Waals surface area contributed by atoms with Crippen LogP contribution in [0.1, 0.15) is 24.9 Å². The Hall–Kier alpha value is -9.43. The third-order valence-corrected chi connectivity index (χ3v) is 17.9. The molecule has 0 spiro atoms. The van der Waals surface area contributed by atoms with E-state index in [4.69, 9.17) is 69.0 Å². The van der Waals surface area contributed by atoms with Crippen LogP contribution < -0.4 is 22.9 Å². The number of nitrogen functional groups attached to an aromatic ring is 4. The lowest BCUT2D eigenvalue weighted by Crippen LogP contribution is -2.37. The maximum Gasteiger partial charge on any atom is 0.472 e. The number of ether oxygens (including phenoxy) is 4. The zero-order valence-electron chi connectivity index (χ0n) is 47.9. The van der Waals surface area contributed by atoms with E-state index < -0.39 is 172 Å². The Balaban J connectivity index is 0.800. The molecule has 17 N–H and O–H groups in total. The van der Waals surface area contributed by atoms with Gasteiger partial charge in [0.25, 0.3) is 0 Å². The minimum absolute atomic E-state index is 0.107. The number of imidazole rings is 4. The normalized spacial score (nSPS) is 29.0. The fraction of sp³-hybridized carbons (Fsp3) is 0.500. The van der Waals surface area contributed by atoms with Gasteiger partial charge in [-0.1, -0.05) is 0 Å². The molecule has 19 unspecified atom stereocenters. The molecule has 12 heterocycles. The molecule has 12 rings (SSSR count). The van der Waals surface area contributed by atoms with Gasteiger partial charge in [0.1, 0.15) is 98.6 Å². The van der Waals surface area contributed by atoms with E-state index in [1.807, 2.05) is 0 Å². The van der Waals surface area contributed by atoms with Crippen LogP contribution in [-0.2, 0) is 59.8 Å². The first-order valence-electron chi connectivity index (χ1n) is 27.1. The quantitative estimate of drug-likeness (QED) is 0.0154. The number of nitrogens with zero attached hydrogens (tertiary/aromatic N) is 28. The van der Waals surface area contributed by atoms with E-state index in [0.29, 0.717) is 0 Å². The summed E-state index contributed by atoms with van der Waals surface area (Å²) in [6.07, 6.45) is -28.3. The van der Waals surface area contributed by atoms with Gasteiger partial charge in [-0.15, -0.1) is 0 Å².